The molecular weight excluding hydrogens is 425 g/mol. The van der Waals surface area contributed by atoms with E-state index in [4.69, 9.17) is 21.7 Å². The van der Waals surface area contributed by atoms with Gasteiger partial charge in [-0.2, -0.15) is 5.10 Å². The molecule has 0 unspecified atom stereocenters. The van der Waals surface area contributed by atoms with Crippen LogP contribution in [-0.4, -0.2) is 24.7 Å². The second-order valence-corrected chi connectivity index (χ2v) is 8.51. The van der Waals surface area contributed by atoms with E-state index in [1.165, 1.54) is 0 Å². The zero-order valence-corrected chi connectivity index (χ0v) is 18.3. The molecule has 0 aliphatic rings. The minimum Gasteiger partial charge on any atom is -0.337 e. The lowest BCUT2D eigenvalue weighted by atomic mass is 10.1. The van der Waals surface area contributed by atoms with Gasteiger partial charge in [-0.3, -0.25) is 0 Å². The summed E-state index contributed by atoms with van der Waals surface area (Å²) in [7, 11) is 0. The summed E-state index contributed by atoms with van der Waals surface area (Å²) in [6.45, 7) is 4.40. The standard InChI is InChI=1S/C21H18ClN5S.ClH/c1-12(2)9-17-14-8-7-13(22)10-19(14)27(26-17)21-25-18(11-28-21)20-23-15-5-3-4-6-16(15)24-20;/h3-8,10-12H,9H2,1-2H3,(H,23,24);1H. The summed E-state index contributed by atoms with van der Waals surface area (Å²) in [5, 5.41) is 9.49. The number of para-hydroxylation sites is 2. The van der Waals surface area contributed by atoms with E-state index in [0.717, 1.165) is 50.7 Å². The highest BCUT2D eigenvalue weighted by Crippen LogP contribution is 2.30. The lowest BCUT2D eigenvalue weighted by molar-refractivity contribution is 0.631. The molecule has 0 saturated carbocycles. The van der Waals surface area contributed by atoms with Crippen LogP contribution < -0.4 is 0 Å². The number of H-pyrrole nitrogens is 1. The van der Waals surface area contributed by atoms with E-state index in [9.17, 15) is 0 Å². The van der Waals surface area contributed by atoms with Crippen molar-refractivity contribution in [3.8, 4) is 16.6 Å². The number of nitrogens with one attached hydrogen (secondary N) is 1. The van der Waals surface area contributed by atoms with Gasteiger partial charge in [0, 0.05) is 15.8 Å². The number of nitrogens with zero attached hydrogens (tertiary/aromatic N) is 4. The van der Waals surface area contributed by atoms with Gasteiger partial charge in [0.25, 0.3) is 0 Å². The molecular formula is C21H19Cl2N5S. The fourth-order valence-corrected chi connectivity index (χ4v) is 4.32. The number of aromatic nitrogens is 5. The molecule has 0 aliphatic heterocycles. The van der Waals surface area contributed by atoms with Crippen molar-refractivity contribution < 1.29 is 0 Å². The number of hydrogen-bond donors (Lipinski definition) is 1. The van der Waals surface area contributed by atoms with E-state index in [1.54, 1.807) is 11.3 Å². The first-order chi connectivity index (χ1) is 13.6. The van der Waals surface area contributed by atoms with Crippen molar-refractivity contribution in [2.24, 2.45) is 5.92 Å². The summed E-state index contributed by atoms with van der Waals surface area (Å²) in [6.07, 6.45) is 0.910. The summed E-state index contributed by atoms with van der Waals surface area (Å²) in [6, 6.07) is 13.9. The molecule has 5 aromatic rings. The number of thiazole rings is 1. The Labute approximate surface area is 183 Å². The maximum Gasteiger partial charge on any atom is 0.211 e. The van der Waals surface area contributed by atoms with E-state index >= 15 is 0 Å². The molecule has 0 aliphatic carbocycles. The van der Waals surface area contributed by atoms with Gasteiger partial charge in [-0.15, -0.1) is 23.7 Å². The molecule has 5 nitrogen and oxygen atoms in total. The SMILES string of the molecule is CC(C)Cc1nn(-c2nc(-c3nc4ccccc4[nH]3)cs2)c2cc(Cl)ccc12.Cl. The summed E-state index contributed by atoms with van der Waals surface area (Å²) in [5.74, 6) is 1.28. The molecule has 0 spiro atoms. The van der Waals surface area contributed by atoms with Crippen LogP contribution in [0.5, 0.6) is 0 Å². The fourth-order valence-electron chi connectivity index (χ4n) is 3.38. The Morgan fingerprint density at radius 1 is 1.14 bits per heavy atom. The first-order valence-electron chi connectivity index (χ1n) is 9.16. The molecule has 0 bridgehead atoms. The molecule has 0 radical (unpaired) electrons. The highest BCUT2D eigenvalue weighted by atomic mass is 35.5. The van der Waals surface area contributed by atoms with Crippen molar-refractivity contribution in [2.75, 3.05) is 0 Å². The van der Waals surface area contributed by atoms with Gasteiger partial charge in [0.1, 0.15) is 5.69 Å². The zero-order chi connectivity index (χ0) is 19.3. The maximum atomic E-state index is 6.27. The van der Waals surface area contributed by atoms with Gasteiger partial charge >= 0.3 is 0 Å². The second-order valence-electron chi connectivity index (χ2n) is 7.24. The predicted molar refractivity (Wildman–Crippen MR) is 123 cm³/mol. The maximum absolute atomic E-state index is 6.27. The predicted octanol–water partition coefficient (Wildman–Crippen LogP) is 6.30. The summed E-state index contributed by atoms with van der Waals surface area (Å²) < 4.78 is 1.90. The van der Waals surface area contributed by atoms with Gasteiger partial charge in [0.15, 0.2) is 5.82 Å². The van der Waals surface area contributed by atoms with E-state index in [1.807, 2.05) is 52.5 Å². The number of halogens is 2. The van der Waals surface area contributed by atoms with Crippen LogP contribution in [0, 0.1) is 5.92 Å². The van der Waals surface area contributed by atoms with Gasteiger partial charge in [0.2, 0.25) is 5.13 Å². The second kappa shape index (κ2) is 7.78. The van der Waals surface area contributed by atoms with Gasteiger partial charge in [-0.25, -0.2) is 14.6 Å². The number of rotatable bonds is 4. The lowest BCUT2D eigenvalue weighted by Crippen LogP contribution is -1.99. The van der Waals surface area contributed by atoms with Crippen LogP contribution >= 0.6 is 35.3 Å². The smallest absolute Gasteiger partial charge is 0.211 e. The Morgan fingerprint density at radius 3 is 2.76 bits per heavy atom. The average molecular weight is 444 g/mol. The van der Waals surface area contributed by atoms with Crippen LogP contribution in [0.4, 0.5) is 0 Å². The molecule has 29 heavy (non-hydrogen) atoms. The van der Waals surface area contributed by atoms with Gasteiger partial charge in [-0.05, 0) is 42.7 Å². The van der Waals surface area contributed by atoms with Crippen LogP contribution in [0.25, 0.3) is 38.6 Å². The van der Waals surface area contributed by atoms with Crippen molar-refractivity contribution in [1.29, 1.82) is 0 Å². The topological polar surface area (TPSA) is 59.4 Å². The monoisotopic (exact) mass is 443 g/mol. The van der Waals surface area contributed by atoms with Crippen molar-refractivity contribution in [3.05, 3.63) is 58.6 Å². The number of hydrogen-bond acceptors (Lipinski definition) is 4. The molecule has 0 atom stereocenters. The van der Waals surface area contributed by atoms with Crippen molar-refractivity contribution >= 4 is 57.3 Å². The van der Waals surface area contributed by atoms with Crippen LogP contribution in [0.15, 0.2) is 47.8 Å². The van der Waals surface area contributed by atoms with Crippen LogP contribution in [0.2, 0.25) is 5.02 Å². The fraction of sp³-hybridized carbons (Fsp3) is 0.190. The van der Waals surface area contributed by atoms with Crippen molar-refractivity contribution in [1.82, 2.24) is 24.7 Å². The van der Waals surface area contributed by atoms with E-state index in [2.05, 4.69) is 23.8 Å². The van der Waals surface area contributed by atoms with Crippen molar-refractivity contribution in [3.63, 3.8) is 0 Å². The molecule has 8 heteroatoms. The molecule has 0 fully saturated rings. The van der Waals surface area contributed by atoms with E-state index < -0.39 is 0 Å². The zero-order valence-electron chi connectivity index (χ0n) is 15.9. The van der Waals surface area contributed by atoms with Crippen LogP contribution in [0.1, 0.15) is 19.5 Å². The number of fused-ring (bicyclic) bond motifs is 2. The molecule has 148 valence electrons. The summed E-state index contributed by atoms with van der Waals surface area (Å²) >= 11 is 7.81. The number of aromatic amines is 1. The molecule has 1 N–H and O–H groups in total. The van der Waals surface area contributed by atoms with Gasteiger partial charge in [0.05, 0.1) is 22.2 Å². The Kier molecular flexibility index (Phi) is 5.34. The first-order valence-corrected chi connectivity index (χ1v) is 10.4. The molecule has 5 rings (SSSR count). The van der Waals surface area contributed by atoms with Gasteiger partial charge in [-0.1, -0.05) is 37.6 Å². The number of benzene rings is 2. The normalized spacial score (nSPS) is 11.4. The molecule has 0 saturated heterocycles. The first kappa shape index (κ1) is 19.9. The molecule has 3 aromatic heterocycles. The lowest BCUT2D eigenvalue weighted by Gasteiger charge is -2.00. The Bertz CT molecular complexity index is 1270. The Morgan fingerprint density at radius 2 is 1.97 bits per heavy atom. The summed E-state index contributed by atoms with van der Waals surface area (Å²) in [5.41, 5.74) is 4.80. The molecule has 0 amide bonds. The third kappa shape index (κ3) is 3.64. The molecule has 2 aromatic carbocycles. The largest absolute Gasteiger partial charge is 0.337 e. The third-order valence-corrected chi connectivity index (χ3v) is 5.68. The van der Waals surface area contributed by atoms with E-state index in [0.29, 0.717) is 10.9 Å². The van der Waals surface area contributed by atoms with E-state index in [-0.39, 0.29) is 12.4 Å². The van der Waals surface area contributed by atoms with Gasteiger partial charge < -0.3 is 4.98 Å². The van der Waals surface area contributed by atoms with Crippen LogP contribution in [0.3, 0.4) is 0 Å². The highest BCUT2D eigenvalue weighted by Gasteiger charge is 2.17. The highest BCUT2D eigenvalue weighted by molar-refractivity contribution is 7.12. The third-order valence-electron chi connectivity index (χ3n) is 4.63. The Hall–Kier alpha value is -2.41. The van der Waals surface area contributed by atoms with Crippen LogP contribution in [-0.2, 0) is 6.42 Å². The number of imidazole rings is 1. The Balaban J connectivity index is 0.00000205. The minimum atomic E-state index is 0. The molecule has 3 heterocycles. The minimum absolute atomic E-state index is 0. The quantitative estimate of drug-likeness (QED) is 0.354. The van der Waals surface area contributed by atoms with Crippen molar-refractivity contribution in [2.45, 2.75) is 20.3 Å². The average Bonchev–Trinajstić information content (AvgIpc) is 3.37. The summed E-state index contributed by atoms with van der Waals surface area (Å²) in [4.78, 5) is 12.8.